The molecule has 0 amide bonds. The molecule has 2 aliphatic heterocycles. The highest BCUT2D eigenvalue weighted by Gasteiger charge is 2.29. The topological polar surface area (TPSA) is 114 Å². The minimum absolute atomic E-state index is 0.000504. The zero-order valence-electron chi connectivity index (χ0n) is 18.9. The Bertz CT molecular complexity index is 1020. The lowest BCUT2D eigenvalue weighted by atomic mass is 10.0. The number of nitrogens with two attached hydrogens (primary N) is 1. The number of aliphatic hydroxyl groups is 1. The average Bonchev–Trinajstić information content (AvgIpc) is 3.13. The second-order valence-electron chi connectivity index (χ2n) is 8.72. The van der Waals surface area contributed by atoms with Crippen LogP contribution in [0, 0.1) is 5.92 Å². The van der Waals surface area contributed by atoms with Crippen LogP contribution in [0.25, 0.3) is 11.4 Å². The SMILES string of the molecule is CC(C)c1nnc2c(Nc3ccc(Cl)c(N)c3)nc(NC(CO)C(C)C)n(C(C)C)c1-2. The summed E-state index contributed by atoms with van der Waals surface area (Å²) in [6.07, 6.45) is 0. The monoisotopic (exact) mass is 445 g/mol. The molecule has 2 aliphatic rings. The molecule has 31 heavy (non-hydrogen) atoms. The summed E-state index contributed by atoms with van der Waals surface area (Å²) in [7, 11) is 0. The number of fused-ring (bicyclic) bond motifs is 1. The van der Waals surface area contributed by atoms with Gasteiger partial charge in [-0.25, -0.2) is 0 Å². The van der Waals surface area contributed by atoms with Crippen molar-refractivity contribution in [3.8, 4) is 11.4 Å². The van der Waals surface area contributed by atoms with E-state index in [-0.39, 0.29) is 30.5 Å². The molecule has 0 spiro atoms. The third-order valence-corrected chi connectivity index (χ3v) is 5.62. The second-order valence-corrected chi connectivity index (χ2v) is 9.13. The first kappa shape index (κ1) is 23.1. The molecule has 0 aliphatic carbocycles. The lowest BCUT2D eigenvalue weighted by Gasteiger charge is -2.28. The van der Waals surface area contributed by atoms with Crippen LogP contribution in [-0.4, -0.2) is 37.5 Å². The van der Waals surface area contributed by atoms with Crippen LogP contribution >= 0.6 is 11.6 Å². The number of benzene rings is 1. The Kier molecular flexibility index (Phi) is 6.91. The number of aliphatic hydroxyl groups excluding tert-OH is 1. The van der Waals surface area contributed by atoms with E-state index in [1.54, 1.807) is 12.1 Å². The van der Waals surface area contributed by atoms with Crippen molar-refractivity contribution in [1.82, 2.24) is 19.7 Å². The molecule has 0 saturated carbocycles. The van der Waals surface area contributed by atoms with E-state index in [0.717, 1.165) is 17.1 Å². The summed E-state index contributed by atoms with van der Waals surface area (Å²) in [5.41, 5.74) is 9.71. The van der Waals surface area contributed by atoms with E-state index in [1.807, 2.05) is 6.07 Å². The maximum Gasteiger partial charge on any atom is 0.205 e. The molecule has 0 radical (unpaired) electrons. The summed E-state index contributed by atoms with van der Waals surface area (Å²) < 4.78 is 2.11. The van der Waals surface area contributed by atoms with Gasteiger partial charge in [0.1, 0.15) is 0 Å². The van der Waals surface area contributed by atoms with E-state index in [4.69, 9.17) is 22.3 Å². The van der Waals surface area contributed by atoms with Crippen molar-refractivity contribution in [3.05, 3.63) is 28.9 Å². The molecule has 2 heterocycles. The quantitative estimate of drug-likeness (QED) is 0.365. The van der Waals surface area contributed by atoms with Crippen molar-refractivity contribution in [3.63, 3.8) is 0 Å². The molecule has 168 valence electrons. The van der Waals surface area contributed by atoms with E-state index < -0.39 is 0 Å². The van der Waals surface area contributed by atoms with Gasteiger partial charge in [0.15, 0.2) is 11.5 Å². The van der Waals surface area contributed by atoms with Crippen LogP contribution in [0.5, 0.6) is 0 Å². The summed E-state index contributed by atoms with van der Waals surface area (Å²) in [6, 6.07) is 5.30. The normalized spacial score (nSPS) is 12.9. The van der Waals surface area contributed by atoms with Gasteiger partial charge in [0.2, 0.25) is 5.95 Å². The highest BCUT2D eigenvalue weighted by molar-refractivity contribution is 6.33. The number of nitrogens with zero attached hydrogens (tertiary/aromatic N) is 4. The smallest absolute Gasteiger partial charge is 0.205 e. The third kappa shape index (κ3) is 4.70. The fourth-order valence-corrected chi connectivity index (χ4v) is 3.58. The number of hydrogen-bond donors (Lipinski definition) is 4. The van der Waals surface area contributed by atoms with Crippen LogP contribution in [0.4, 0.5) is 23.1 Å². The first-order valence-electron chi connectivity index (χ1n) is 10.6. The van der Waals surface area contributed by atoms with Gasteiger partial charge in [0.25, 0.3) is 0 Å². The zero-order chi connectivity index (χ0) is 22.9. The number of aromatic nitrogens is 4. The first-order chi connectivity index (χ1) is 14.6. The van der Waals surface area contributed by atoms with Gasteiger partial charge in [-0.3, -0.25) is 0 Å². The number of halogens is 1. The van der Waals surface area contributed by atoms with E-state index in [9.17, 15) is 5.11 Å². The maximum atomic E-state index is 9.90. The van der Waals surface area contributed by atoms with Crippen LogP contribution < -0.4 is 16.4 Å². The van der Waals surface area contributed by atoms with Crippen molar-refractivity contribution in [1.29, 1.82) is 0 Å². The second kappa shape index (κ2) is 9.28. The summed E-state index contributed by atoms with van der Waals surface area (Å²) in [6.45, 7) is 12.5. The summed E-state index contributed by atoms with van der Waals surface area (Å²) in [5, 5.41) is 26.1. The summed E-state index contributed by atoms with van der Waals surface area (Å²) in [4.78, 5) is 4.87. The number of nitrogen functional groups attached to an aromatic ring is 1. The molecular weight excluding hydrogens is 414 g/mol. The number of rotatable bonds is 8. The van der Waals surface area contributed by atoms with Gasteiger partial charge in [0.05, 0.1) is 34.7 Å². The number of nitrogens with one attached hydrogen (secondary N) is 2. The zero-order valence-corrected chi connectivity index (χ0v) is 19.7. The van der Waals surface area contributed by atoms with Crippen molar-refractivity contribution >= 4 is 34.7 Å². The van der Waals surface area contributed by atoms with Gasteiger partial charge in [-0.15, -0.1) is 5.10 Å². The molecule has 1 atom stereocenters. The average molecular weight is 446 g/mol. The summed E-state index contributed by atoms with van der Waals surface area (Å²) in [5.74, 6) is 1.62. The van der Waals surface area contributed by atoms with Gasteiger partial charge < -0.3 is 26.0 Å². The van der Waals surface area contributed by atoms with Gasteiger partial charge in [-0.05, 0) is 43.9 Å². The van der Waals surface area contributed by atoms with E-state index >= 15 is 0 Å². The molecule has 1 unspecified atom stereocenters. The Hall–Kier alpha value is -2.58. The molecule has 1 aromatic carbocycles. The maximum absolute atomic E-state index is 9.90. The van der Waals surface area contributed by atoms with Gasteiger partial charge in [0, 0.05) is 11.7 Å². The van der Waals surface area contributed by atoms with E-state index in [2.05, 4.69) is 66.9 Å². The highest BCUT2D eigenvalue weighted by atomic mass is 35.5. The van der Waals surface area contributed by atoms with Gasteiger partial charge in [-0.1, -0.05) is 39.3 Å². The van der Waals surface area contributed by atoms with E-state index in [1.165, 1.54) is 0 Å². The lowest BCUT2D eigenvalue weighted by molar-refractivity contribution is 0.248. The molecule has 8 nitrogen and oxygen atoms in total. The Morgan fingerprint density at radius 3 is 2.39 bits per heavy atom. The van der Waals surface area contributed by atoms with Crippen molar-refractivity contribution in [2.45, 2.75) is 59.5 Å². The summed E-state index contributed by atoms with van der Waals surface area (Å²) >= 11 is 6.07. The van der Waals surface area contributed by atoms with Gasteiger partial charge >= 0.3 is 0 Å². The third-order valence-electron chi connectivity index (χ3n) is 5.27. The minimum atomic E-state index is -0.146. The van der Waals surface area contributed by atoms with Crippen LogP contribution in [-0.2, 0) is 0 Å². The molecule has 5 N–H and O–H groups in total. The number of anilines is 4. The Morgan fingerprint density at radius 2 is 1.84 bits per heavy atom. The first-order valence-corrected chi connectivity index (χ1v) is 11.0. The van der Waals surface area contributed by atoms with Crippen LogP contribution in [0.3, 0.4) is 0 Å². The Morgan fingerprint density at radius 1 is 1.13 bits per heavy atom. The predicted molar refractivity (Wildman–Crippen MR) is 127 cm³/mol. The molecule has 0 bridgehead atoms. The van der Waals surface area contributed by atoms with Crippen LogP contribution in [0.2, 0.25) is 5.02 Å². The molecule has 0 fully saturated rings. The molecule has 0 aromatic heterocycles. The van der Waals surface area contributed by atoms with Crippen LogP contribution in [0.1, 0.15) is 59.2 Å². The predicted octanol–water partition coefficient (Wildman–Crippen LogP) is 4.89. The lowest BCUT2D eigenvalue weighted by Crippen LogP contribution is -2.32. The van der Waals surface area contributed by atoms with Crippen molar-refractivity contribution in [2.75, 3.05) is 23.0 Å². The van der Waals surface area contributed by atoms with Gasteiger partial charge in [-0.2, -0.15) is 10.1 Å². The number of hydrogen-bond acceptors (Lipinski definition) is 7. The molecule has 0 saturated heterocycles. The Balaban J connectivity index is 2.20. The highest BCUT2D eigenvalue weighted by Crippen LogP contribution is 2.39. The van der Waals surface area contributed by atoms with Crippen molar-refractivity contribution < 1.29 is 5.11 Å². The molecule has 9 heteroatoms. The largest absolute Gasteiger partial charge is 0.397 e. The fourth-order valence-electron chi connectivity index (χ4n) is 3.46. The standard InChI is InChI=1S/C22H32ClN7O/c1-11(2)17(10-31)26-22-27-21(25-14-7-8-15(23)16(24)9-14)19-20(30(22)13(5)6)18(12(3)4)28-29-19/h7-9,11-13,17,25,31H,10,24H2,1-6H3,(H,26,27). The molecule has 3 rings (SSSR count). The Labute approximate surface area is 188 Å². The van der Waals surface area contributed by atoms with Crippen LogP contribution in [0.15, 0.2) is 18.2 Å². The molecular formula is C22H32ClN7O. The fraction of sp³-hybridized carbons (Fsp3) is 0.500. The molecule has 1 aromatic rings. The minimum Gasteiger partial charge on any atom is -0.397 e. The van der Waals surface area contributed by atoms with E-state index in [0.29, 0.717) is 28.2 Å². The van der Waals surface area contributed by atoms with Crippen molar-refractivity contribution in [2.24, 2.45) is 5.92 Å².